The number of benzene rings is 3. The molecule has 0 spiro atoms. The molecule has 6 heteroatoms. The highest BCUT2D eigenvalue weighted by Crippen LogP contribution is 2.35. The molecule has 0 amide bonds. The lowest BCUT2D eigenvalue weighted by atomic mass is 10.0. The number of aromatic nitrogens is 2. The van der Waals surface area contributed by atoms with E-state index in [9.17, 15) is 4.79 Å². The van der Waals surface area contributed by atoms with Gasteiger partial charge in [-0.2, -0.15) is 0 Å². The third kappa shape index (κ3) is 4.64. The van der Waals surface area contributed by atoms with Gasteiger partial charge >= 0.3 is 0 Å². The maximum Gasteiger partial charge on any atom is 0.267 e. The Morgan fingerprint density at radius 1 is 0.917 bits per heavy atom. The Labute approximate surface area is 219 Å². The molecule has 0 saturated heterocycles. The zero-order chi connectivity index (χ0) is 24.5. The summed E-state index contributed by atoms with van der Waals surface area (Å²) in [5.74, 6) is 0.764. The van der Waals surface area contributed by atoms with Crippen molar-refractivity contribution in [1.29, 1.82) is 0 Å². The largest absolute Gasteiger partial charge is 0.294 e. The molecule has 0 N–H and O–H groups in total. The van der Waals surface area contributed by atoms with E-state index >= 15 is 0 Å². The van der Waals surface area contributed by atoms with E-state index in [1.54, 1.807) is 23.1 Å². The lowest BCUT2D eigenvalue weighted by Crippen LogP contribution is -2.30. The van der Waals surface area contributed by atoms with Crippen LogP contribution in [0.4, 0.5) is 0 Å². The van der Waals surface area contributed by atoms with Crippen molar-refractivity contribution < 1.29 is 0 Å². The molecule has 0 fully saturated rings. The number of fused-ring (bicyclic) bond motifs is 3. The minimum atomic E-state index is 0.0495. The maximum absolute atomic E-state index is 14.1. The van der Waals surface area contributed by atoms with Gasteiger partial charge in [-0.15, -0.1) is 11.3 Å². The fourth-order valence-electron chi connectivity index (χ4n) is 4.79. The quantitative estimate of drug-likeness (QED) is 0.191. The van der Waals surface area contributed by atoms with Crippen molar-refractivity contribution in [2.75, 3.05) is 6.54 Å². The van der Waals surface area contributed by atoms with Gasteiger partial charge in [-0.3, -0.25) is 14.3 Å². The summed E-state index contributed by atoms with van der Waals surface area (Å²) in [6, 6.07) is 29.1. The lowest BCUT2D eigenvalue weighted by Gasteiger charge is -2.26. The van der Waals surface area contributed by atoms with Crippen molar-refractivity contribution in [2.24, 2.45) is 0 Å². The van der Waals surface area contributed by atoms with E-state index in [1.807, 2.05) is 34.9 Å². The third-order valence-corrected chi connectivity index (χ3v) is 8.80. The first-order valence-corrected chi connectivity index (χ1v) is 14.0. The second-order valence-electron chi connectivity index (χ2n) is 9.27. The van der Waals surface area contributed by atoms with Crippen LogP contribution in [-0.2, 0) is 25.3 Å². The van der Waals surface area contributed by atoms with Crippen LogP contribution in [0.2, 0.25) is 0 Å². The summed E-state index contributed by atoms with van der Waals surface area (Å²) in [7, 11) is 0. The number of hydrogen-bond acceptors (Lipinski definition) is 5. The topological polar surface area (TPSA) is 38.1 Å². The standard InChI is InChI=1S/C30H27N3OS2/c1-21-12-14-24(15-13-21)33-29(34)27-25-16-17-32(18-22-8-4-2-5-9-22)19-26(25)36-28(27)31-30(33)35-20-23-10-6-3-7-11-23/h2-15H,16-20H2,1H3. The summed E-state index contributed by atoms with van der Waals surface area (Å²) in [6.45, 7) is 4.80. The molecule has 36 heavy (non-hydrogen) atoms. The van der Waals surface area contributed by atoms with Crippen LogP contribution in [0.1, 0.15) is 27.1 Å². The predicted molar refractivity (Wildman–Crippen MR) is 150 cm³/mol. The van der Waals surface area contributed by atoms with E-state index in [4.69, 9.17) is 4.98 Å². The first kappa shape index (κ1) is 23.2. The van der Waals surface area contributed by atoms with Crippen LogP contribution < -0.4 is 5.56 Å². The Morgan fingerprint density at radius 3 is 2.33 bits per heavy atom. The van der Waals surface area contributed by atoms with Crippen molar-refractivity contribution in [1.82, 2.24) is 14.5 Å². The molecule has 2 aromatic heterocycles. The zero-order valence-corrected chi connectivity index (χ0v) is 21.8. The van der Waals surface area contributed by atoms with Crippen LogP contribution in [0.3, 0.4) is 0 Å². The van der Waals surface area contributed by atoms with E-state index in [0.717, 1.165) is 52.9 Å². The molecular formula is C30H27N3OS2. The van der Waals surface area contributed by atoms with Crippen LogP contribution in [0.25, 0.3) is 15.9 Å². The summed E-state index contributed by atoms with van der Waals surface area (Å²) in [5, 5.41) is 1.55. The zero-order valence-electron chi connectivity index (χ0n) is 20.2. The van der Waals surface area contributed by atoms with Crippen LogP contribution in [-0.4, -0.2) is 21.0 Å². The SMILES string of the molecule is Cc1ccc(-n2c(SCc3ccccc3)nc3sc4c(c3c2=O)CCN(Cc2ccccc2)C4)cc1. The van der Waals surface area contributed by atoms with Crippen LogP contribution >= 0.6 is 23.1 Å². The number of hydrogen-bond donors (Lipinski definition) is 0. The predicted octanol–water partition coefficient (Wildman–Crippen LogP) is 6.61. The smallest absolute Gasteiger partial charge is 0.267 e. The van der Waals surface area contributed by atoms with Gasteiger partial charge in [0.2, 0.25) is 0 Å². The van der Waals surface area contributed by atoms with Crippen LogP contribution in [0.5, 0.6) is 0 Å². The molecule has 0 radical (unpaired) electrons. The fraction of sp³-hybridized carbons (Fsp3) is 0.200. The monoisotopic (exact) mass is 509 g/mol. The van der Waals surface area contributed by atoms with Gasteiger partial charge < -0.3 is 0 Å². The number of thiophene rings is 1. The summed E-state index contributed by atoms with van der Waals surface area (Å²) in [5.41, 5.74) is 5.82. The van der Waals surface area contributed by atoms with Gasteiger partial charge in [-0.1, -0.05) is 90.1 Å². The molecule has 1 aliphatic heterocycles. The second kappa shape index (κ2) is 10.1. The van der Waals surface area contributed by atoms with Crippen molar-refractivity contribution in [3.63, 3.8) is 0 Å². The number of rotatable bonds is 6. The molecule has 0 aliphatic carbocycles. The molecule has 5 aromatic rings. The van der Waals surface area contributed by atoms with Gasteiger partial charge in [-0.25, -0.2) is 4.98 Å². The second-order valence-corrected chi connectivity index (χ2v) is 11.3. The molecule has 0 bridgehead atoms. The third-order valence-electron chi connectivity index (χ3n) is 6.67. The minimum Gasteiger partial charge on any atom is -0.294 e. The Hall–Kier alpha value is -3.19. The lowest BCUT2D eigenvalue weighted by molar-refractivity contribution is 0.249. The Balaban J connectivity index is 1.40. The van der Waals surface area contributed by atoms with E-state index in [-0.39, 0.29) is 5.56 Å². The number of thioether (sulfide) groups is 1. The maximum atomic E-state index is 14.1. The molecule has 0 atom stereocenters. The first-order valence-electron chi connectivity index (χ1n) is 12.2. The average Bonchev–Trinajstić information content (AvgIpc) is 3.27. The summed E-state index contributed by atoms with van der Waals surface area (Å²) in [6.07, 6.45) is 0.878. The number of aryl methyl sites for hydroxylation is 1. The van der Waals surface area contributed by atoms with Gasteiger partial charge in [-0.05, 0) is 42.2 Å². The molecule has 180 valence electrons. The Bertz CT molecular complexity index is 1560. The number of nitrogens with zero attached hydrogens (tertiary/aromatic N) is 3. The molecule has 1 aliphatic rings. The normalized spacial score (nSPS) is 13.7. The van der Waals surface area contributed by atoms with Crippen LogP contribution in [0, 0.1) is 6.92 Å². The molecule has 4 nitrogen and oxygen atoms in total. The summed E-state index contributed by atoms with van der Waals surface area (Å²) in [4.78, 5) is 23.8. The summed E-state index contributed by atoms with van der Waals surface area (Å²) < 4.78 is 1.82. The molecule has 3 aromatic carbocycles. The highest BCUT2D eigenvalue weighted by Gasteiger charge is 2.25. The Morgan fingerprint density at radius 2 is 1.61 bits per heavy atom. The van der Waals surface area contributed by atoms with E-state index in [2.05, 4.69) is 66.4 Å². The van der Waals surface area contributed by atoms with Gasteiger partial charge in [0, 0.05) is 30.3 Å². The Kier molecular flexibility index (Phi) is 6.48. The van der Waals surface area contributed by atoms with E-state index in [1.165, 1.54) is 27.1 Å². The molecule has 0 saturated carbocycles. The molecule has 6 rings (SSSR count). The van der Waals surface area contributed by atoms with Crippen LogP contribution in [0.15, 0.2) is 94.9 Å². The summed E-state index contributed by atoms with van der Waals surface area (Å²) >= 11 is 3.32. The highest BCUT2D eigenvalue weighted by molar-refractivity contribution is 7.98. The van der Waals surface area contributed by atoms with Gasteiger partial charge in [0.05, 0.1) is 11.1 Å². The fourth-order valence-corrected chi connectivity index (χ4v) is 7.07. The van der Waals surface area contributed by atoms with Gasteiger partial charge in [0.25, 0.3) is 5.56 Å². The van der Waals surface area contributed by atoms with Crippen molar-refractivity contribution in [2.45, 2.75) is 37.3 Å². The van der Waals surface area contributed by atoms with Gasteiger partial charge in [0.15, 0.2) is 5.16 Å². The molecule has 0 unspecified atom stereocenters. The highest BCUT2D eigenvalue weighted by atomic mass is 32.2. The minimum absolute atomic E-state index is 0.0495. The van der Waals surface area contributed by atoms with Crippen molar-refractivity contribution in [3.8, 4) is 5.69 Å². The van der Waals surface area contributed by atoms with Gasteiger partial charge in [0.1, 0.15) is 4.83 Å². The first-order chi connectivity index (χ1) is 17.7. The average molecular weight is 510 g/mol. The van der Waals surface area contributed by atoms with E-state index < -0.39 is 0 Å². The molecular weight excluding hydrogens is 482 g/mol. The van der Waals surface area contributed by atoms with Crippen molar-refractivity contribution in [3.05, 3.63) is 122 Å². The molecule has 3 heterocycles. The van der Waals surface area contributed by atoms with Crippen molar-refractivity contribution >= 4 is 33.3 Å². The van der Waals surface area contributed by atoms with E-state index in [0.29, 0.717) is 0 Å².